The molecule has 2 heteroatoms. The molecule has 0 aliphatic carbocycles. The van der Waals surface area contributed by atoms with Crippen molar-refractivity contribution in [2.24, 2.45) is 7.05 Å². The lowest BCUT2D eigenvalue weighted by Gasteiger charge is -1.97. The van der Waals surface area contributed by atoms with Gasteiger partial charge in [-0.1, -0.05) is 0 Å². The van der Waals surface area contributed by atoms with Gasteiger partial charge in [-0.3, -0.25) is 4.79 Å². The maximum absolute atomic E-state index is 10.6. The monoisotopic (exact) mass is 137 g/mol. The van der Waals surface area contributed by atoms with E-state index in [0.29, 0.717) is 6.42 Å². The topological polar surface area (TPSA) is 22.0 Å². The van der Waals surface area contributed by atoms with E-state index in [9.17, 15) is 4.79 Å². The first-order chi connectivity index (χ1) is 4.70. The lowest BCUT2D eigenvalue weighted by Crippen LogP contribution is -2.01. The van der Waals surface area contributed by atoms with E-state index in [2.05, 4.69) is 0 Å². The number of carbonyl (C=O) groups excluding carboxylic acids is 1. The van der Waals surface area contributed by atoms with Gasteiger partial charge in [0.05, 0.1) is 0 Å². The predicted octanol–water partition coefficient (Wildman–Crippen LogP) is 1.16. The first-order valence-corrected chi connectivity index (χ1v) is 3.30. The van der Waals surface area contributed by atoms with E-state index in [1.807, 2.05) is 29.9 Å². The van der Waals surface area contributed by atoms with Crippen LogP contribution in [0.3, 0.4) is 0 Å². The molecule has 0 fully saturated rings. The van der Waals surface area contributed by atoms with Gasteiger partial charge in [-0.05, 0) is 19.1 Å². The molecule has 54 valence electrons. The van der Waals surface area contributed by atoms with Crippen molar-refractivity contribution in [3.63, 3.8) is 0 Å². The number of hydrogen-bond donors (Lipinski definition) is 0. The van der Waals surface area contributed by atoms with Crippen LogP contribution in [0, 0.1) is 0 Å². The minimum Gasteiger partial charge on any atom is -0.354 e. The third kappa shape index (κ3) is 1.47. The molecule has 0 saturated carbocycles. The van der Waals surface area contributed by atoms with Crippen LogP contribution < -0.4 is 0 Å². The summed E-state index contributed by atoms with van der Waals surface area (Å²) in [5, 5.41) is 0. The van der Waals surface area contributed by atoms with Gasteiger partial charge in [0, 0.05) is 25.4 Å². The molecule has 1 aromatic heterocycles. The number of carbonyl (C=O) groups is 1. The quantitative estimate of drug-likeness (QED) is 0.599. The largest absolute Gasteiger partial charge is 0.354 e. The first kappa shape index (κ1) is 7.06. The Kier molecular flexibility index (Phi) is 1.90. The molecule has 0 aliphatic rings. The third-order valence-electron chi connectivity index (χ3n) is 1.48. The SMILES string of the molecule is CC(=O)Cc1cccn1C. The normalized spacial score (nSPS) is 9.80. The zero-order chi connectivity index (χ0) is 7.56. The zero-order valence-corrected chi connectivity index (χ0v) is 6.29. The van der Waals surface area contributed by atoms with Gasteiger partial charge < -0.3 is 4.57 Å². The molecular weight excluding hydrogens is 126 g/mol. The first-order valence-electron chi connectivity index (χ1n) is 3.30. The van der Waals surface area contributed by atoms with Crippen LogP contribution in [0.1, 0.15) is 12.6 Å². The van der Waals surface area contributed by atoms with E-state index >= 15 is 0 Å². The Balaban J connectivity index is 2.74. The highest BCUT2D eigenvalue weighted by atomic mass is 16.1. The average molecular weight is 137 g/mol. The van der Waals surface area contributed by atoms with E-state index in [1.165, 1.54) is 0 Å². The van der Waals surface area contributed by atoms with Gasteiger partial charge in [-0.15, -0.1) is 0 Å². The Hall–Kier alpha value is -1.05. The van der Waals surface area contributed by atoms with Gasteiger partial charge in [0.15, 0.2) is 0 Å². The van der Waals surface area contributed by atoms with Crippen LogP contribution in [0.4, 0.5) is 0 Å². The molecule has 1 aromatic rings. The highest BCUT2D eigenvalue weighted by molar-refractivity contribution is 5.77. The van der Waals surface area contributed by atoms with Crippen molar-refractivity contribution in [2.75, 3.05) is 0 Å². The van der Waals surface area contributed by atoms with Crippen molar-refractivity contribution >= 4 is 5.78 Å². The van der Waals surface area contributed by atoms with Crippen LogP contribution in [-0.2, 0) is 18.3 Å². The summed E-state index contributed by atoms with van der Waals surface area (Å²) in [4.78, 5) is 10.6. The van der Waals surface area contributed by atoms with Crippen molar-refractivity contribution < 1.29 is 4.79 Å². The number of hydrogen-bond acceptors (Lipinski definition) is 1. The minimum atomic E-state index is 0.210. The Morgan fingerprint density at radius 3 is 2.80 bits per heavy atom. The number of ketones is 1. The van der Waals surface area contributed by atoms with E-state index in [0.717, 1.165) is 5.69 Å². The molecule has 0 saturated heterocycles. The van der Waals surface area contributed by atoms with E-state index in [-0.39, 0.29) is 5.78 Å². The smallest absolute Gasteiger partial charge is 0.135 e. The number of aromatic nitrogens is 1. The summed E-state index contributed by atoms with van der Waals surface area (Å²) in [6.07, 6.45) is 2.49. The lowest BCUT2D eigenvalue weighted by atomic mass is 10.2. The average Bonchev–Trinajstić information content (AvgIpc) is 2.15. The summed E-state index contributed by atoms with van der Waals surface area (Å²) in [5.41, 5.74) is 1.08. The van der Waals surface area contributed by atoms with Crippen molar-refractivity contribution in [3.8, 4) is 0 Å². The second-order valence-electron chi connectivity index (χ2n) is 2.49. The summed E-state index contributed by atoms with van der Waals surface area (Å²) < 4.78 is 1.96. The van der Waals surface area contributed by atoms with Gasteiger partial charge in [0.1, 0.15) is 5.78 Å². The summed E-state index contributed by atoms with van der Waals surface area (Å²) in [5.74, 6) is 0.210. The molecule has 0 radical (unpaired) electrons. The maximum Gasteiger partial charge on any atom is 0.135 e. The number of rotatable bonds is 2. The molecule has 0 atom stereocenters. The van der Waals surface area contributed by atoms with Crippen molar-refractivity contribution in [1.82, 2.24) is 4.57 Å². The second-order valence-corrected chi connectivity index (χ2v) is 2.49. The molecule has 0 amide bonds. The van der Waals surface area contributed by atoms with Gasteiger partial charge in [0.2, 0.25) is 0 Å². The van der Waals surface area contributed by atoms with Gasteiger partial charge in [0.25, 0.3) is 0 Å². The maximum atomic E-state index is 10.6. The number of aryl methyl sites for hydroxylation is 1. The lowest BCUT2D eigenvalue weighted by molar-refractivity contribution is -0.116. The molecule has 0 spiro atoms. The summed E-state index contributed by atoms with van der Waals surface area (Å²) in [7, 11) is 1.94. The van der Waals surface area contributed by atoms with Crippen LogP contribution in [0.25, 0.3) is 0 Å². The highest BCUT2D eigenvalue weighted by Crippen LogP contribution is 2.00. The fourth-order valence-electron chi connectivity index (χ4n) is 0.935. The molecule has 0 unspecified atom stereocenters. The van der Waals surface area contributed by atoms with Crippen molar-refractivity contribution in [2.45, 2.75) is 13.3 Å². The van der Waals surface area contributed by atoms with Crippen LogP contribution in [0.5, 0.6) is 0 Å². The molecule has 0 N–H and O–H groups in total. The Morgan fingerprint density at radius 2 is 2.40 bits per heavy atom. The summed E-state index contributed by atoms with van der Waals surface area (Å²) >= 11 is 0. The minimum absolute atomic E-state index is 0.210. The second kappa shape index (κ2) is 2.69. The molecule has 1 heterocycles. The Labute approximate surface area is 60.5 Å². The molecular formula is C8H11NO. The highest BCUT2D eigenvalue weighted by Gasteiger charge is 1.98. The van der Waals surface area contributed by atoms with Crippen molar-refractivity contribution in [3.05, 3.63) is 24.0 Å². The number of nitrogens with zero attached hydrogens (tertiary/aromatic N) is 1. The zero-order valence-electron chi connectivity index (χ0n) is 6.29. The molecule has 0 bridgehead atoms. The molecule has 1 rings (SSSR count). The fraction of sp³-hybridized carbons (Fsp3) is 0.375. The standard InChI is InChI=1S/C8H11NO/c1-7(10)6-8-4-3-5-9(8)2/h3-5H,6H2,1-2H3. The fourth-order valence-corrected chi connectivity index (χ4v) is 0.935. The molecule has 0 aliphatic heterocycles. The Bertz CT molecular complexity index is 237. The molecule has 10 heavy (non-hydrogen) atoms. The van der Waals surface area contributed by atoms with Crippen LogP contribution >= 0.6 is 0 Å². The van der Waals surface area contributed by atoms with Gasteiger partial charge in [-0.2, -0.15) is 0 Å². The Morgan fingerprint density at radius 1 is 1.70 bits per heavy atom. The third-order valence-corrected chi connectivity index (χ3v) is 1.48. The van der Waals surface area contributed by atoms with E-state index in [1.54, 1.807) is 6.92 Å². The van der Waals surface area contributed by atoms with E-state index < -0.39 is 0 Å². The molecule has 0 aromatic carbocycles. The summed E-state index contributed by atoms with van der Waals surface area (Å²) in [6.45, 7) is 1.60. The number of Topliss-reactive ketones (excluding diaryl/α,β-unsaturated/α-hetero) is 1. The van der Waals surface area contributed by atoms with Gasteiger partial charge >= 0.3 is 0 Å². The predicted molar refractivity (Wildman–Crippen MR) is 39.8 cm³/mol. The van der Waals surface area contributed by atoms with Crippen LogP contribution in [0.2, 0.25) is 0 Å². The summed E-state index contributed by atoms with van der Waals surface area (Å²) in [6, 6.07) is 3.90. The van der Waals surface area contributed by atoms with E-state index in [4.69, 9.17) is 0 Å². The van der Waals surface area contributed by atoms with Gasteiger partial charge in [-0.25, -0.2) is 0 Å². The molecule has 2 nitrogen and oxygen atoms in total. The van der Waals surface area contributed by atoms with Crippen LogP contribution in [0.15, 0.2) is 18.3 Å². The van der Waals surface area contributed by atoms with Crippen LogP contribution in [-0.4, -0.2) is 10.4 Å². The van der Waals surface area contributed by atoms with Crippen molar-refractivity contribution in [1.29, 1.82) is 0 Å².